The summed E-state index contributed by atoms with van der Waals surface area (Å²) in [6.45, 7) is 3.34. The second-order valence-electron chi connectivity index (χ2n) is 6.50. The largest absolute Gasteiger partial charge is 0.378 e. The molecule has 1 aliphatic carbocycles. The highest BCUT2D eigenvalue weighted by molar-refractivity contribution is 7.89. The van der Waals surface area contributed by atoms with Crippen molar-refractivity contribution >= 4 is 10.0 Å². The first-order valence-electron chi connectivity index (χ1n) is 7.96. The lowest BCUT2D eigenvalue weighted by atomic mass is 10.1. The minimum absolute atomic E-state index is 0.0560. The molecule has 2 aliphatic heterocycles. The average Bonchev–Trinajstić information content (AvgIpc) is 3.06. The van der Waals surface area contributed by atoms with Gasteiger partial charge >= 0.3 is 0 Å². The minimum atomic E-state index is -3.17. The highest BCUT2D eigenvalue weighted by Gasteiger charge is 2.37. The Bertz CT molecular complexity index is 414. The zero-order chi connectivity index (χ0) is 14.0. The molecule has 6 heteroatoms. The van der Waals surface area contributed by atoms with Gasteiger partial charge in [0.15, 0.2) is 0 Å². The lowest BCUT2D eigenvalue weighted by Gasteiger charge is -2.28. The molecule has 0 aromatic heterocycles. The van der Waals surface area contributed by atoms with Crippen LogP contribution in [0.1, 0.15) is 38.5 Å². The molecular weight excluding hydrogens is 276 g/mol. The van der Waals surface area contributed by atoms with Crippen molar-refractivity contribution in [1.82, 2.24) is 9.62 Å². The molecule has 3 aliphatic rings. The second kappa shape index (κ2) is 6.30. The Balaban J connectivity index is 1.57. The SMILES string of the molecule is O=S(=O)(CC1CCCC1)N[C@H]1COC[C@@H]1N1CCCC1. The Morgan fingerprint density at radius 3 is 2.45 bits per heavy atom. The van der Waals surface area contributed by atoms with E-state index >= 15 is 0 Å². The number of hydrogen-bond donors (Lipinski definition) is 1. The van der Waals surface area contributed by atoms with E-state index in [1.54, 1.807) is 0 Å². The Labute approximate surface area is 122 Å². The Morgan fingerprint density at radius 2 is 1.75 bits per heavy atom. The van der Waals surface area contributed by atoms with Gasteiger partial charge < -0.3 is 4.74 Å². The smallest absolute Gasteiger partial charge is 0.212 e. The van der Waals surface area contributed by atoms with Gasteiger partial charge in [-0.25, -0.2) is 13.1 Å². The summed E-state index contributed by atoms with van der Waals surface area (Å²) in [6.07, 6.45) is 6.94. The van der Waals surface area contributed by atoms with Crippen molar-refractivity contribution < 1.29 is 13.2 Å². The van der Waals surface area contributed by atoms with Gasteiger partial charge in [-0.2, -0.15) is 0 Å². The maximum atomic E-state index is 12.3. The lowest BCUT2D eigenvalue weighted by molar-refractivity contribution is 0.159. The normalized spacial score (nSPS) is 33.2. The van der Waals surface area contributed by atoms with Gasteiger partial charge in [-0.1, -0.05) is 12.8 Å². The van der Waals surface area contributed by atoms with Gasteiger partial charge in [0.05, 0.1) is 31.1 Å². The molecule has 1 saturated carbocycles. The number of likely N-dealkylation sites (tertiary alicyclic amines) is 1. The summed E-state index contributed by atoms with van der Waals surface area (Å²) in [5.74, 6) is 0.663. The standard InChI is InChI=1S/C14H26N2O3S/c17-20(18,11-12-5-1-2-6-12)15-13-9-19-10-14(13)16-7-3-4-8-16/h12-15H,1-11H2/t13-,14-/m0/s1. The molecule has 0 radical (unpaired) electrons. The van der Waals surface area contributed by atoms with Crippen LogP contribution in [0.4, 0.5) is 0 Å². The van der Waals surface area contributed by atoms with Crippen LogP contribution >= 0.6 is 0 Å². The van der Waals surface area contributed by atoms with Gasteiger partial charge in [0, 0.05) is 0 Å². The fourth-order valence-electron chi connectivity index (χ4n) is 3.85. The van der Waals surface area contributed by atoms with Crippen LogP contribution in [0.25, 0.3) is 0 Å². The molecule has 2 heterocycles. The lowest BCUT2D eigenvalue weighted by Crippen LogP contribution is -2.51. The van der Waals surface area contributed by atoms with E-state index in [4.69, 9.17) is 4.74 Å². The van der Waals surface area contributed by atoms with Crippen LogP contribution in [-0.4, -0.2) is 57.5 Å². The van der Waals surface area contributed by atoms with Crippen molar-refractivity contribution in [1.29, 1.82) is 0 Å². The summed E-state index contributed by atoms with van der Waals surface area (Å²) in [7, 11) is -3.17. The van der Waals surface area contributed by atoms with Crippen LogP contribution < -0.4 is 4.72 Å². The molecule has 3 fully saturated rings. The number of nitrogens with zero attached hydrogens (tertiary/aromatic N) is 1. The van der Waals surface area contributed by atoms with Crippen molar-refractivity contribution in [2.75, 3.05) is 32.1 Å². The molecule has 0 aromatic rings. The number of nitrogens with one attached hydrogen (secondary N) is 1. The summed E-state index contributed by atoms with van der Waals surface area (Å²) in [5.41, 5.74) is 0. The molecule has 116 valence electrons. The summed E-state index contributed by atoms with van der Waals surface area (Å²) >= 11 is 0. The van der Waals surface area contributed by atoms with E-state index in [0.717, 1.165) is 25.9 Å². The Kier molecular flexibility index (Phi) is 4.65. The van der Waals surface area contributed by atoms with Gasteiger partial charge in [-0.05, 0) is 44.7 Å². The molecule has 2 saturated heterocycles. The van der Waals surface area contributed by atoms with Gasteiger partial charge in [0.1, 0.15) is 0 Å². The molecule has 20 heavy (non-hydrogen) atoms. The highest BCUT2D eigenvalue weighted by Crippen LogP contribution is 2.26. The van der Waals surface area contributed by atoms with Crippen molar-refractivity contribution in [2.45, 2.75) is 50.6 Å². The fraction of sp³-hybridized carbons (Fsp3) is 1.00. The Hall–Kier alpha value is -0.170. The molecule has 2 atom stereocenters. The van der Waals surface area contributed by atoms with Crippen molar-refractivity contribution in [2.24, 2.45) is 5.92 Å². The van der Waals surface area contributed by atoms with Crippen molar-refractivity contribution in [3.8, 4) is 0 Å². The van der Waals surface area contributed by atoms with E-state index < -0.39 is 10.0 Å². The minimum Gasteiger partial charge on any atom is -0.378 e. The first-order chi connectivity index (χ1) is 9.64. The quantitative estimate of drug-likeness (QED) is 0.822. The summed E-state index contributed by atoms with van der Waals surface area (Å²) in [5, 5.41) is 0. The monoisotopic (exact) mass is 302 g/mol. The van der Waals surface area contributed by atoms with Crippen LogP contribution in [0.15, 0.2) is 0 Å². The summed E-state index contributed by atoms with van der Waals surface area (Å²) in [4.78, 5) is 2.38. The molecule has 0 amide bonds. The zero-order valence-corrected chi connectivity index (χ0v) is 12.9. The van der Waals surface area contributed by atoms with E-state index in [1.807, 2.05) is 0 Å². The van der Waals surface area contributed by atoms with Crippen LogP contribution in [-0.2, 0) is 14.8 Å². The summed E-state index contributed by atoms with van der Waals surface area (Å²) in [6, 6.07) is 0.176. The number of rotatable bonds is 5. The Morgan fingerprint density at radius 1 is 1.05 bits per heavy atom. The van der Waals surface area contributed by atoms with Crippen LogP contribution in [0.5, 0.6) is 0 Å². The number of hydrogen-bond acceptors (Lipinski definition) is 4. The van der Waals surface area contributed by atoms with Crippen LogP contribution in [0.3, 0.4) is 0 Å². The van der Waals surface area contributed by atoms with E-state index in [0.29, 0.717) is 24.9 Å². The van der Waals surface area contributed by atoms with Gasteiger partial charge in [-0.3, -0.25) is 4.90 Å². The van der Waals surface area contributed by atoms with Crippen LogP contribution in [0, 0.1) is 5.92 Å². The van der Waals surface area contributed by atoms with Gasteiger partial charge in [-0.15, -0.1) is 0 Å². The topological polar surface area (TPSA) is 58.6 Å². The van der Waals surface area contributed by atoms with Gasteiger partial charge in [0.25, 0.3) is 0 Å². The molecule has 0 unspecified atom stereocenters. The first kappa shape index (κ1) is 14.8. The third-order valence-electron chi connectivity index (χ3n) is 4.92. The fourth-order valence-corrected chi connectivity index (χ4v) is 5.59. The summed E-state index contributed by atoms with van der Waals surface area (Å²) < 4.78 is 33.1. The maximum absolute atomic E-state index is 12.3. The van der Waals surface area contributed by atoms with Gasteiger partial charge in [0.2, 0.25) is 10.0 Å². The molecule has 0 spiro atoms. The van der Waals surface area contributed by atoms with Crippen molar-refractivity contribution in [3.63, 3.8) is 0 Å². The number of sulfonamides is 1. The predicted octanol–water partition coefficient (Wildman–Crippen LogP) is 0.959. The molecule has 0 bridgehead atoms. The van der Waals surface area contributed by atoms with E-state index in [-0.39, 0.29) is 12.1 Å². The van der Waals surface area contributed by atoms with Crippen LogP contribution in [0.2, 0.25) is 0 Å². The zero-order valence-electron chi connectivity index (χ0n) is 12.1. The number of ether oxygens (including phenoxy) is 1. The highest BCUT2D eigenvalue weighted by atomic mass is 32.2. The van der Waals surface area contributed by atoms with E-state index in [9.17, 15) is 8.42 Å². The first-order valence-corrected chi connectivity index (χ1v) is 9.61. The molecular formula is C14H26N2O3S. The predicted molar refractivity (Wildman–Crippen MR) is 78.1 cm³/mol. The third-order valence-corrected chi connectivity index (χ3v) is 6.49. The average molecular weight is 302 g/mol. The third kappa shape index (κ3) is 3.53. The molecule has 0 aromatic carbocycles. The second-order valence-corrected chi connectivity index (χ2v) is 8.30. The molecule has 5 nitrogen and oxygen atoms in total. The maximum Gasteiger partial charge on any atom is 0.212 e. The van der Waals surface area contributed by atoms with E-state index in [1.165, 1.54) is 25.7 Å². The van der Waals surface area contributed by atoms with E-state index in [2.05, 4.69) is 9.62 Å². The van der Waals surface area contributed by atoms with Crippen molar-refractivity contribution in [3.05, 3.63) is 0 Å². The molecule has 1 N–H and O–H groups in total. The molecule has 3 rings (SSSR count).